The van der Waals surface area contributed by atoms with E-state index in [0.717, 1.165) is 43.3 Å². The quantitative estimate of drug-likeness (QED) is 0.398. The van der Waals surface area contributed by atoms with Gasteiger partial charge in [-0.2, -0.15) is 5.10 Å². The smallest absolute Gasteiger partial charge is 0.231 e. The highest BCUT2D eigenvalue weighted by atomic mass is 79.9. The molecule has 0 bridgehead atoms. The van der Waals surface area contributed by atoms with Crippen LogP contribution in [-0.4, -0.2) is 23.7 Å². The number of hydrogen-bond acceptors (Lipinski definition) is 5. The van der Waals surface area contributed by atoms with Crippen LogP contribution in [0.5, 0.6) is 11.5 Å². The molecule has 0 atom stereocenters. The van der Waals surface area contributed by atoms with Gasteiger partial charge in [0.05, 0.1) is 18.0 Å². The van der Waals surface area contributed by atoms with Gasteiger partial charge >= 0.3 is 0 Å². The Bertz CT molecular complexity index is 1130. The van der Waals surface area contributed by atoms with E-state index in [2.05, 4.69) is 38.9 Å². The van der Waals surface area contributed by atoms with Crippen molar-refractivity contribution in [2.24, 2.45) is 10.1 Å². The van der Waals surface area contributed by atoms with E-state index in [-0.39, 0.29) is 6.79 Å². The van der Waals surface area contributed by atoms with Crippen LogP contribution in [0.2, 0.25) is 0 Å². The van der Waals surface area contributed by atoms with E-state index in [9.17, 15) is 0 Å². The summed E-state index contributed by atoms with van der Waals surface area (Å²) in [5.41, 5.74) is 3.85. The lowest BCUT2D eigenvalue weighted by molar-refractivity contribution is 0.174. The second-order valence-electron chi connectivity index (χ2n) is 6.08. The van der Waals surface area contributed by atoms with E-state index in [1.54, 1.807) is 17.4 Å². The summed E-state index contributed by atoms with van der Waals surface area (Å²) in [4.78, 5) is 5.41. The van der Waals surface area contributed by atoms with Crippen molar-refractivity contribution in [1.82, 2.24) is 4.68 Å². The van der Waals surface area contributed by atoms with Gasteiger partial charge in [0.15, 0.2) is 11.5 Å². The van der Waals surface area contributed by atoms with Gasteiger partial charge < -0.3 is 9.47 Å². The average Bonchev–Trinajstić information content (AvgIpc) is 3.33. The molecule has 0 aliphatic carbocycles. The number of rotatable bonds is 5. The summed E-state index contributed by atoms with van der Waals surface area (Å²) in [7, 11) is 0. The predicted molar refractivity (Wildman–Crippen MR) is 116 cm³/mol. The fourth-order valence-electron chi connectivity index (χ4n) is 2.83. The third-order valence-electron chi connectivity index (χ3n) is 4.23. The minimum atomic E-state index is 0.255. The molecule has 0 amide bonds. The summed E-state index contributed by atoms with van der Waals surface area (Å²) in [6.07, 6.45) is 1.77. The first-order valence-corrected chi connectivity index (χ1v) is 10.4. The Hall–Kier alpha value is -2.64. The number of thiazole rings is 1. The highest BCUT2D eigenvalue weighted by molar-refractivity contribution is 9.10. The topological polar surface area (TPSA) is 48.1 Å². The highest BCUT2D eigenvalue weighted by Gasteiger charge is 2.15. The lowest BCUT2D eigenvalue weighted by Gasteiger charge is -2.08. The van der Waals surface area contributed by atoms with Gasteiger partial charge in [0.2, 0.25) is 11.6 Å². The fourth-order valence-corrected chi connectivity index (χ4v) is 4.15. The normalized spacial score (nSPS) is 13.8. The third-order valence-corrected chi connectivity index (χ3v) is 5.78. The zero-order valence-electron chi connectivity index (χ0n) is 15.3. The Kier molecular flexibility index (Phi) is 5.45. The molecule has 1 aliphatic heterocycles. The summed E-state index contributed by atoms with van der Waals surface area (Å²) in [5, 5.41) is 6.95. The SMILES string of the molecule is C=CCN=c1scc(-c2ccccc2Br)n1N=C(C)c1ccc2c(c1)OCO2. The average molecular weight is 456 g/mol. The second-order valence-corrected chi connectivity index (χ2v) is 7.77. The van der Waals surface area contributed by atoms with Crippen molar-refractivity contribution in [2.45, 2.75) is 6.92 Å². The maximum Gasteiger partial charge on any atom is 0.231 e. The van der Waals surface area contributed by atoms with Gasteiger partial charge in [-0.15, -0.1) is 17.9 Å². The highest BCUT2D eigenvalue weighted by Crippen LogP contribution is 2.33. The molecule has 0 N–H and O–H groups in total. The van der Waals surface area contributed by atoms with Crippen molar-refractivity contribution < 1.29 is 9.47 Å². The van der Waals surface area contributed by atoms with Crippen LogP contribution in [0.1, 0.15) is 12.5 Å². The van der Waals surface area contributed by atoms with Gasteiger partial charge in [-0.25, -0.2) is 4.68 Å². The molecule has 0 spiro atoms. The van der Waals surface area contributed by atoms with Gasteiger partial charge in [0, 0.05) is 21.0 Å². The molecular weight excluding hydrogens is 438 g/mol. The Morgan fingerprint density at radius 1 is 1.25 bits per heavy atom. The first kappa shape index (κ1) is 18.7. The molecule has 2 aromatic carbocycles. The van der Waals surface area contributed by atoms with E-state index in [0.29, 0.717) is 6.54 Å². The van der Waals surface area contributed by atoms with Crippen LogP contribution in [0.3, 0.4) is 0 Å². The molecule has 7 heteroatoms. The first-order valence-electron chi connectivity index (χ1n) is 8.70. The predicted octanol–water partition coefficient (Wildman–Crippen LogP) is 5.07. The maximum atomic E-state index is 5.49. The summed E-state index contributed by atoms with van der Waals surface area (Å²) in [6, 6.07) is 13.9. The van der Waals surface area contributed by atoms with Crippen LogP contribution < -0.4 is 14.3 Å². The zero-order chi connectivity index (χ0) is 19.5. The number of hydrogen-bond donors (Lipinski definition) is 0. The van der Waals surface area contributed by atoms with Crippen molar-refractivity contribution in [3.05, 3.63) is 75.3 Å². The molecule has 5 nitrogen and oxygen atoms in total. The molecule has 2 heterocycles. The molecule has 0 fully saturated rings. The Labute approximate surface area is 175 Å². The number of nitrogens with zero attached hydrogens (tertiary/aromatic N) is 3. The van der Waals surface area contributed by atoms with Crippen LogP contribution in [0.15, 0.2) is 75.1 Å². The first-order chi connectivity index (χ1) is 13.7. The molecular formula is C21H18BrN3O2S. The van der Waals surface area contributed by atoms with Crippen molar-refractivity contribution >= 4 is 33.0 Å². The fraction of sp³-hybridized carbons (Fsp3) is 0.143. The van der Waals surface area contributed by atoms with Gasteiger partial charge in [-0.3, -0.25) is 4.99 Å². The van der Waals surface area contributed by atoms with Crippen molar-refractivity contribution in [2.75, 3.05) is 13.3 Å². The molecule has 0 unspecified atom stereocenters. The van der Waals surface area contributed by atoms with E-state index >= 15 is 0 Å². The summed E-state index contributed by atoms with van der Waals surface area (Å²) in [6.45, 7) is 6.53. The van der Waals surface area contributed by atoms with Gasteiger partial charge in [0.1, 0.15) is 0 Å². The molecule has 4 rings (SSSR count). The van der Waals surface area contributed by atoms with Crippen LogP contribution in [0, 0.1) is 0 Å². The Morgan fingerprint density at radius 2 is 2.07 bits per heavy atom. The lowest BCUT2D eigenvalue weighted by Crippen LogP contribution is -2.14. The molecule has 0 saturated heterocycles. The number of benzene rings is 2. The number of ether oxygens (including phenoxy) is 2. The van der Waals surface area contributed by atoms with Gasteiger partial charge in [0.25, 0.3) is 0 Å². The standard InChI is InChI=1S/C21H18BrN3O2S/c1-3-10-23-21-25(18(12-28-21)16-6-4-5-7-17(16)22)24-14(2)15-8-9-19-20(11-15)27-13-26-19/h3-9,11-12H,1,10,13H2,2H3. The Morgan fingerprint density at radius 3 is 2.89 bits per heavy atom. The second kappa shape index (κ2) is 8.16. The van der Waals surface area contributed by atoms with Crippen LogP contribution in [-0.2, 0) is 0 Å². The minimum absolute atomic E-state index is 0.255. The molecule has 142 valence electrons. The number of fused-ring (bicyclic) bond motifs is 1. The van der Waals surface area contributed by atoms with Crippen LogP contribution in [0.25, 0.3) is 11.3 Å². The van der Waals surface area contributed by atoms with E-state index < -0.39 is 0 Å². The van der Waals surface area contributed by atoms with Crippen LogP contribution >= 0.6 is 27.3 Å². The number of aromatic nitrogens is 1. The summed E-state index contributed by atoms with van der Waals surface area (Å²) < 4.78 is 13.8. The molecule has 1 aromatic heterocycles. The van der Waals surface area contributed by atoms with Crippen molar-refractivity contribution in [3.8, 4) is 22.8 Å². The molecule has 1 aliphatic rings. The minimum Gasteiger partial charge on any atom is -0.454 e. The van der Waals surface area contributed by atoms with Gasteiger partial charge in [-0.1, -0.05) is 40.2 Å². The molecule has 28 heavy (non-hydrogen) atoms. The largest absolute Gasteiger partial charge is 0.454 e. The van der Waals surface area contributed by atoms with Crippen LogP contribution in [0.4, 0.5) is 0 Å². The monoisotopic (exact) mass is 455 g/mol. The van der Waals surface area contributed by atoms with E-state index in [1.807, 2.05) is 48.0 Å². The van der Waals surface area contributed by atoms with E-state index in [4.69, 9.17) is 14.6 Å². The summed E-state index contributed by atoms with van der Waals surface area (Å²) in [5.74, 6) is 1.50. The maximum absolute atomic E-state index is 5.49. The van der Waals surface area contributed by atoms with Gasteiger partial charge in [-0.05, 0) is 31.2 Å². The zero-order valence-corrected chi connectivity index (χ0v) is 17.7. The molecule has 3 aromatic rings. The van der Waals surface area contributed by atoms with Crippen molar-refractivity contribution in [3.63, 3.8) is 0 Å². The Balaban J connectivity index is 1.83. The van der Waals surface area contributed by atoms with E-state index in [1.165, 1.54) is 0 Å². The lowest BCUT2D eigenvalue weighted by atomic mass is 10.1. The summed E-state index contributed by atoms with van der Waals surface area (Å²) >= 11 is 5.19. The van der Waals surface area contributed by atoms with Crippen molar-refractivity contribution in [1.29, 1.82) is 0 Å². The third kappa shape index (κ3) is 3.68. The molecule has 0 radical (unpaired) electrons. The molecule has 0 saturated carbocycles. The number of halogens is 1.